The Hall–Kier alpha value is -5.68. The average molecular weight is 707 g/mol. The zero-order valence-corrected chi connectivity index (χ0v) is 29.7. The van der Waals surface area contributed by atoms with Gasteiger partial charge in [-0.3, -0.25) is 9.59 Å². The number of ether oxygens (including phenoxy) is 2. The summed E-state index contributed by atoms with van der Waals surface area (Å²) in [6.45, 7) is 5.56. The molecule has 5 rings (SSSR count). The molecule has 2 atom stereocenters. The molecule has 272 valence electrons. The number of amides is 4. The lowest BCUT2D eigenvalue weighted by molar-refractivity contribution is -0.126. The predicted molar refractivity (Wildman–Crippen MR) is 197 cm³/mol. The van der Waals surface area contributed by atoms with E-state index in [0.29, 0.717) is 17.8 Å². The van der Waals surface area contributed by atoms with Gasteiger partial charge < -0.3 is 35.4 Å². The Morgan fingerprint density at radius 1 is 0.808 bits per heavy atom. The van der Waals surface area contributed by atoms with Gasteiger partial charge in [0, 0.05) is 12.2 Å². The van der Waals surface area contributed by atoms with E-state index in [2.05, 4.69) is 16.0 Å². The quantitative estimate of drug-likeness (QED) is 0.130. The van der Waals surface area contributed by atoms with Gasteiger partial charge in [0.25, 0.3) is 0 Å². The molecule has 1 aliphatic heterocycles. The molecule has 0 aromatic heterocycles. The minimum absolute atomic E-state index is 0.0106. The van der Waals surface area contributed by atoms with Crippen LogP contribution in [-0.2, 0) is 31.2 Å². The fourth-order valence-electron chi connectivity index (χ4n) is 6.29. The summed E-state index contributed by atoms with van der Waals surface area (Å²) in [5, 5.41) is 18.1. The Balaban J connectivity index is 1.35. The molecular formula is C41H46N4O7. The summed E-state index contributed by atoms with van der Waals surface area (Å²) >= 11 is 0. The predicted octanol–water partition coefficient (Wildman–Crippen LogP) is 6.11. The minimum Gasteiger partial charge on any atom is -0.445 e. The molecule has 0 unspecified atom stereocenters. The Bertz CT molecular complexity index is 1700. The van der Waals surface area contributed by atoms with Crippen molar-refractivity contribution in [2.75, 3.05) is 18.5 Å². The fraction of sp³-hybridized carbons (Fsp3) is 0.317. The summed E-state index contributed by atoms with van der Waals surface area (Å²) in [5.41, 5.74) is 1.55. The lowest BCUT2D eigenvalue weighted by Gasteiger charge is -2.37. The number of nitrogens with zero attached hydrogens (tertiary/aromatic N) is 1. The molecule has 4 aromatic rings. The number of benzene rings is 4. The van der Waals surface area contributed by atoms with E-state index in [0.717, 1.165) is 29.5 Å². The Labute approximate surface area is 304 Å². The average Bonchev–Trinajstić information content (AvgIpc) is 3.63. The van der Waals surface area contributed by atoms with E-state index in [9.17, 15) is 24.3 Å². The molecule has 1 saturated heterocycles. The molecule has 4 amide bonds. The number of aliphatic hydroxyl groups excluding tert-OH is 1. The van der Waals surface area contributed by atoms with Crippen LogP contribution in [0, 0.1) is 0 Å². The van der Waals surface area contributed by atoms with Gasteiger partial charge in [-0.25, -0.2) is 9.59 Å². The van der Waals surface area contributed by atoms with Gasteiger partial charge in [0.1, 0.15) is 23.8 Å². The van der Waals surface area contributed by atoms with Crippen molar-refractivity contribution in [2.45, 2.75) is 69.9 Å². The summed E-state index contributed by atoms with van der Waals surface area (Å²) in [6.07, 6.45) is -0.190. The summed E-state index contributed by atoms with van der Waals surface area (Å²) in [7, 11) is 0. The standard InChI is InChI=1S/C41H46N4O7/c1-40(2,3)52-38(49)43-35(37(48)42-33-23-21-29(22-24-33)28-51-39(50)45-25-13-20-34(45)27-46)26-36(47)44-41(30-14-7-4-8-15-30,31-16-9-5-10-17-31)32-18-11-6-12-19-32/h4-12,14-19,21-24,34-35,46H,13,20,25-28H2,1-3H3,(H,42,48)(H,43,49)(H,44,47)/t34-,35-/m0/s1. The summed E-state index contributed by atoms with van der Waals surface area (Å²) < 4.78 is 10.9. The van der Waals surface area contributed by atoms with Gasteiger partial charge in [0.05, 0.1) is 19.1 Å². The number of anilines is 1. The third kappa shape index (κ3) is 9.55. The molecule has 11 nitrogen and oxygen atoms in total. The number of carbonyl (C=O) groups is 4. The first-order valence-electron chi connectivity index (χ1n) is 17.4. The van der Waals surface area contributed by atoms with Crippen molar-refractivity contribution in [3.05, 3.63) is 138 Å². The third-order valence-electron chi connectivity index (χ3n) is 8.75. The number of hydrogen-bond acceptors (Lipinski definition) is 7. The molecule has 0 bridgehead atoms. The maximum Gasteiger partial charge on any atom is 0.410 e. The van der Waals surface area contributed by atoms with Crippen molar-refractivity contribution >= 4 is 29.7 Å². The molecule has 0 saturated carbocycles. The van der Waals surface area contributed by atoms with Gasteiger partial charge in [-0.05, 0) is 68.0 Å². The largest absolute Gasteiger partial charge is 0.445 e. The number of alkyl carbamates (subject to hydrolysis) is 1. The van der Waals surface area contributed by atoms with Crippen LogP contribution >= 0.6 is 0 Å². The van der Waals surface area contributed by atoms with Crippen LogP contribution in [0.2, 0.25) is 0 Å². The first-order chi connectivity index (χ1) is 25.0. The van der Waals surface area contributed by atoms with Crippen molar-refractivity contribution < 1.29 is 33.8 Å². The van der Waals surface area contributed by atoms with Crippen molar-refractivity contribution in [3.63, 3.8) is 0 Å². The van der Waals surface area contributed by atoms with Gasteiger partial charge in [0.2, 0.25) is 11.8 Å². The molecule has 1 fully saturated rings. The SMILES string of the molecule is CC(C)(C)OC(=O)N[C@@H](CC(=O)NC(c1ccccc1)(c1ccccc1)c1ccccc1)C(=O)Nc1ccc(COC(=O)N2CCC[C@H]2CO)cc1. The second-order valence-electron chi connectivity index (χ2n) is 13.7. The number of carbonyl (C=O) groups excluding carboxylic acids is 4. The maximum atomic E-state index is 14.2. The molecule has 52 heavy (non-hydrogen) atoms. The number of hydrogen-bond donors (Lipinski definition) is 4. The Morgan fingerprint density at radius 3 is 1.85 bits per heavy atom. The highest BCUT2D eigenvalue weighted by Crippen LogP contribution is 2.37. The number of rotatable bonds is 12. The monoisotopic (exact) mass is 706 g/mol. The Kier molecular flexibility index (Phi) is 12.3. The van der Waals surface area contributed by atoms with E-state index < -0.39 is 47.6 Å². The zero-order chi connectivity index (χ0) is 37.1. The van der Waals surface area contributed by atoms with Crippen LogP contribution in [0.25, 0.3) is 0 Å². The van der Waals surface area contributed by atoms with Gasteiger partial charge in [0.15, 0.2) is 0 Å². The van der Waals surface area contributed by atoms with Gasteiger partial charge in [-0.15, -0.1) is 0 Å². The summed E-state index contributed by atoms with van der Waals surface area (Å²) in [4.78, 5) is 55.0. The van der Waals surface area contributed by atoms with Crippen molar-refractivity contribution in [1.82, 2.24) is 15.5 Å². The molecular weight excluding hydrogens is 660 g/mol. The molecule has 0 radical (unpaired) electrons. The summed E-state index contributed by atoms with van der Waals surface area (Å²) in [5.74, 6) is -1.12. The highest BCUT2D eigenvalue weighted by Gasteiger charge is 2.39. The Morgan fingerprint density at radius 2 is 1.35 bits per heavy atom. The van der Waals surface area contributed by atoms with Crippen LogP contribution < -0.4 is 16.0 Å². The van der Waals surface area contributed by atoms with Gasteiger partial charge in [-0.1, -0.05) is 103 Å². The maximum absolute atomic E-state index is 14.2. The van der Waals surface area contributed by atoms with Crippen LogP contribution in [0.4, 0.5) is 15.3 Å². The zero-order valence-electron chi connectivity index (χ0n) is 29.7. The molecule has 0 aliphatic carbocycles. The van der Waals surface area contributed by atoms with E-state index in [4.69, 9.17) is 9.47 Å². The highest BCUT2D eigenvalue weighted by atomic mass is 16.6. The van der Waals surface area contributed by atoms with Crippen LogP contribution in [0.3, 0.4) is 0 Å². The molecule has 1 heterocycles. The van der Waals surface area contributed by atoms with Crippen LogP contribution in [-0.4, -0.2) is 64.8 Å². The second kappa shape index (κ2) is 17.0. The number of likely N-dealkylation sites (tertiary alicyclic amines) is 1. The molecule has 11 heteroatoms. The van der Waals surface area contributed by atoms with E-state index in [1.165, 1.54) is 4.90 Å². The van der Waals surface area contributed by atoms with E-state index in [-0.39, 0.29) is 19.3 Å². The summed E-state index contributed by atoms with van der Waals surface area (Å²) in [6, 6.07) is 33.9. The first kappa shape index (κ1) is 37.6. The topological polar surface area (TPSA) is 146 Å². The first-order valence-corrected chi connectivity index (χ1v) is 17.4. The molecule has 0 spiro atoms. The van der Waals surface area contributed by atoms with E-state index in [1.54, 1.807) is 45.0 Å². The van der Waals surface area contributed by atoms with Crippen LogP contribution in [0.5, 0.6) is 0 Å². The second-order valence-corrected chi connectivity index (χ2v) is 13.7. The van der Waals surface area contributed by atoms with Gasteiger partial charge >= 0.3 is 12.2 Å². The normalized spacial score (nSPS) is 14.9. The van der Waals surface area contributed by atoms with Crippen LogP contribution in [0.15, 0.2) is 115 Å². The molecule has 1 aliphatic rings. The van der Waals surface area contributed by atoms with Crippen molar-refractivity contribution in [3.8, 4) is 0 Å². The van der Waals surface area contributed by atoms with E-state index in [1.807, 2.05) is 91.0 Å². The number of nitrogens with one attached hydrogen (secondary N) is 3. The smallest absolute Gasteiger partial charge is 0.410 e. The fourth-order valence-corrected chi connectivity index (χ4v) is 6.29. The lowest BCUT2D eigenvalue weighted by atomic mass is 9.77. The lowest BCUT2D eigenvalue weighted by Crippen LogP contribution is -2.52. The highest BCUT2D eigenvalue weighted by molar-refractivity contribution is 5.99. The van der Waals surface area contributed by atoms with E-state index >= 15 is 0 Å². The molecule has 4 N–H and O–H groups in total. The van der Waals surface area contributed by atoms with Crippen molar-refractivity contribution in [1.29, 1.82) is 0 Å². The van der Waals surface area contributed by atoms with Gasteiger partial charge in [-0.2, -0.15) is 0 Å². The third-order valence-corrected chi connectivity index (χ3v) is 8.75. The van der Waals surface area contributed by atoms with Crippen molar-refractivity contribution in [2.24, 2.45) is 0 Å². The molecule has 4 aromatic carbocycles. The number of aliphatic hydroxyl groups is 1. The van der Waals surface area contributed by atoms with Crippen LogP contribution in [0.1, 0.15) is 62.3 Å². The minimum atomic E-state index is -1.31.